The highest BCUT2D eigenvalue weighted by Crippen LogP contribution is 2.09. The first-order chi connectivity index (χ1) is 12.9. The van der Waals surface area contributed by atoms with Crippen LogP contribution in [0.1, 0.15) is 45.7 Å². The van der Waals surface area contributed by atoms with Gasteiger partial charge in [-0.1, -0.05) is 68.5 Å². The fraction of sp³-hybridized carbons (Fsp3) is 0.333. The summed E-state index contributed by atoms with van der Waals surface area (Å²) in [5.41, 5.74) is 3.32. The molecule has 0 saturated carbocycles. The van der Waals surface area contributed by atoms with Crippen LogP contribution in [0, 0.1) is 6.92 Å². The summed E-state index contributed by atoms with van der Waals surface area (Å²) in [6.07, 6.45) is 8.30. The number of amides is 1. The fourth-order valence-corrected chi connectivity index (χ4v) is 1.96. The normalized spacial score (nSPS) is 11.3. The van der Waals surface area contributed by atoms with Crippen molar-refractivity contribution < 1.29 is 9.59 Å². The Morgan fingerprint density at radius 1 is 1.19 bits per heavy atom. The van der Waals surface area contributed by atoms with Gasteiger partial charge in [-0.3, -0.25) is 4.79 Å². The molecule has 0 aromatic heterocycles. The van der Waals surface area contributed by atoms with Crippen molar-refractivity contribution in [3.8, 4) is 0 Å². The number of aryl methyl sites for hydroxylation is 1. The Hall–Kier alpha value is -2.68. The van der Waals surface area contributed by atoms with Crippen LogP contribution < -0.4 is 5.32 Å². The molecule has 1 aromatic rings. The quantitative estimate of drug-likeness (QED) is 0.298. The van der Waals surface area contributed by atoms with Gasteiger partial charge in [0.1, 0.15) is 6.29 Å². The minimum atomic E-state index is -0.552. The molecular formula is C24H35NO2. The lowest BCUT2D eigenvalue weighted by atomic mass is 10.0. The van der Waals surface area contributed by atoms with Crippen LogP contribution in [0.3, 0.4) is 0 Å². The van der Waals surface area contributed by atoms with Crippen LogP contribution >= 0.6 is 0 Å². The molecule has 1 atom stereocenters. The van der Waals surface area contributed by atoms with E-state index in [9.17, 15) is 9.59 Å². The largest absolute Gasteiger partial charge is 0.342 e. The van der Waals surface area contributed by atoms with Gasteiger partial charge >= 0.3 is 0 Å². The monoisotopic (exact) mass is 369 g/mol. The van der Waals surface area contributed by atoms with Gasteiger partial charge in [0.05, 0.1) is 6.04 Å². The van der Waals surface area contributed by atoms with E-state index in [4.69, 9.17) is 0 Å². The van der Waals surface area contributed by atoms with E-state index in [0.29, 0.717) is 17.6 Å². The SMILES string of the molecule is C=C(C)/C(=C\C=C/C)C(=O)N[C@H](C=O)Cc1ccc(C)cc1.C=CC.CC. The Bertz CT molecular complexity index is 637. The zero-order chi connectivity index (χ0) is 21.2. The molecular weight excluding hydrogens is 334 g/mol. The van der Waals surface area contributed by atoms with Crippen molar-refractivity contribution in [3.05, 3.63) is 84.0 Å². The van der Waals surface area contributed by atoms with Crippen LogP contribution in [0.2, 0.25) is 0 Å². The van der Waals surface area contributed by atoms with Gasteiger partial charge in [-0.25, -0.2) is 0 Å². The van der Waals surface area contributed by atoms with E-state index in [1.54, 1.807) is 25.2 Å². The van der Waals surface area contributed by atoms with Gasteiger partial charge in [0.25, 0.3) is 5.91 Å². The smallest absolute Gasteiger partial charge is 0.252 e. The van der Waals surface area contributed by atoms with Gasteiger partial charge < -0.3 is 10.1 Å². The highest BCUT2D eigenvalue weighted by molar-refractivity contribution is 5.99. The summed E-state index contributed by atoms with van der Waals surface area (Å²) >= 11 is 0. The standard InChI is InChI=1S/C19H23NO2.C3H6.C2H6/c1-5-6-7-18(14(2)3)19(22)20-17(13-21)12-16-10-8-15(4)9-11-16;1-3-2;1-2/h5-11,13,17H,2,12H2,1,3-4H3,(H,20,22);3H,1H2,2H3;1-2H3/b6-5-,18-7+;;/t17-;;/m0../s1. The first-order valence-electron chi connectivity index (χ1n) is 9.27. The van der Waals surface area contributed by atoms with Crippen molar-refractivity contribution in [2.24, 2.45) is 0 Å². The molecule has 0 radical (unpaired) electrons. The van der Waals surface area contributed by atoms with Crippen molar-refractivity contribution in [1.82, 2.24) is 5.32 Å². The van der Waals surface area contributed by atoms with Crippen LogP contribution in [0.5, 0.6) is 0 Å². The molecule has 0 aliphatic rings. The molecule has 148 valence electrons. The van der Waals surface area contributed by atoms with Crippen LogP contribution in [0.15, 0.2) is 72.9 Å². The summed E-state index contributed by atoms with van der Waals surface area (Å²) in [5.74, 6) is -0.283. The van der Waals surface area contributed by atoms with Gasteiger partial charge in [-0.15, -0.1) is 6.58 Å². The Morgan fingerprint density at radius 2 is 1.70 bits per heavy atom. The molecule has 1 amide bonds. The van der Waals surface area contributed by atoms with E-state index in [1.807, 2.05) is 65.0 Å². The molecule has 0 unspecified atom stereocenters. The van der Waals surface area contributed by atoms with E-state index in [2.05, 4.69) is 18.5 Å². The number of allylic oxidation sites excluding steroid dienone is 4. The van der Waals surface area contributed by atoms with Crippen LogP contribution in [0.4, 0.5) is 0 Å². The first-order valence-corrected chi connectivity index (χ1v) is 9.27. The Morgan fingerprint density at radius 3 is 2.11 bits per heavy atom. The van der Waals surface area contributed by atoms with E-state index < -0.39 is 6.04 Å². The molecule has 3 heteroatoms. The van der Waals surface area contributed by atoms with E-state index in [1.165, 1.54) is 0 Å². The Balaban J connectivity index is 0. The number of hydrogen-bond donors (Lipinski definition) is 1. The molecule has 0 bridgehead atoms. The maximum absolute atomic E-state index is 12.3. The average molecular weight is 370 g/mol. The van der Waals surface area contributed by atoms with E-state index in [0.717, 1.165) is 17.4 Å². The third-order valence-corrected chi connectivity index (χ3v) is 3.22. The molecule has 0 aliphatic carbocycles. The second-order valence-corrected chi connectivity index (χ2v) is 5.70. The molecule has 3 nitrogen and oxygen atoms in total. The third-order valence-electron chi connectivity index (χ3n) is 3.22. The molecule has 0 heterocycles. The number of carbonyl (C=O) groups is 2. The predicted molar refractivity (Wildman–Crippen MR) is 118 cm³/mol. The summed E-state index contributed by atoms with van der Waals surface area (Å²) in [6, 6.07) is 7.36. The molecule has 0 aliphatic heterocycles. The summed E-state index contributed by atoms with van der Waals surface area (Å²) in [5, 5.41) is 2.75. The fourth-order valence-electron chi connectivity index (χ4n) is 1.96. The number of rotatable bonds is 7. The van der Waals surface area contributed by atoms with Crippen molar-refractivity contribution in [1.29, 1.82) is 0 Å². The minimum Gasteiger partial charge on any atom is -0.342 e. The third kappa shape index (κ3) is 12.3. The van der Waals surface area contributed by atoms with Crippen molar-refractivity contribution in [2.45, 2.75) is 54.0 Å². The molecule has 1 rings (SSSR count). The van der Waals surface area contributed by atoms with Crippen molar-refractivity contribution in [3.63, 3.8) is 0 Å². The van der Waals surface area contributed by atoms with Gasteiger partial charge in [0, 0.05) is 5.57 Å². The van der Waals surface area contributed by atoms with Crippen LogP contribution in [-0.4, -0.2) is 18.2 Å². The molecule has 0 fully saturated rings. The van der Waals surface area contributed by atoms with Gasteiger partial charge in [0.15, 0.2) is 0 Å². The summed E-state index contributed by atoms with van der Waals surface area (Å²) in [6.45, 7) is 18.7. The lowest BCUT2D eigenvalue weighted by Crippen LogP contribution is -2.38. The minimum absolute atomic E-state index is 0.283. The first kappa shape index (κ1) is 26.5. The summed E-state index contributed by atoms with van der Waals surface area (Å²) in [4.78, 5) is 23.5. The topological polar surface area (TPSA) is 46.2 Å². The van der Waals surface area contributed by atoms with Gasteiger partial charge in [-0.05, 0) is 51.3 Å². The molecule has 27 heavy (non-hydrogen) atoms. The van der Waals surface area contributed by atoms with Crippen molar-refractivity contribution in [2.75, 3.05) is 0 Å². The number of hydrogen-bond acceptors (Lipinski definition) is 2. The molecule has 1 N–H and O–H groups in total. The van der Waals surface area contributed by atoms with Gasteiger partial charge in [0.2, 0.25) is 0 Å². The summed E-state index contributed by atoms with van der Waals surface area (Å²) < 4.78 is 0. The van der Waals surface area contributed by atoms with E-state index >= 15 is 0 Å². The number of carbonyl (C=O) groups excluding carboxylic acids is 2. The maximum atomic E-state index is 12.3. The second kappa shape index (κ2) is 16.8. The zero-order valence-corrected chi connectivity index (χ0v) is 17.7. The number of nitrogens with one attached hydrogen (secondary N) is 1. The maximum Gasteiger partial charge on any atom is 0.252 e. The summed E-state index contributed by atoms with van der Waals surface area (Å²) in [7, 11) is 0. The predicted octanol–water partition coefficient (Wildman–Crippen LogP) is 5.52. The van der Waals surface area contributed by atoms with E-state index in [-0.39, 0.29) is 5.91 Å². The lowest BCUT2D eigenvalue weighted by molar-refractivity contribution is -0.120. The van der Waals surface area contributed by atoms with Gasteiger partial charge in [-0.2, -0.15) is 0 Å². The van der Waals surface area contributed by atoms with Crippen molar-refractivity contribution >= 4 is 12.2 Å². The van der Waals surface area contributed by atoms with Crippen LogP contribution in [-0.2, 0) is 16.0 Å². The average Bonchev–Trinajstić information content (AvgIpc) is 2.65. The van der Waals surface area contributed by atoms with Crippen LogP contribution in [0.25, 0.3) is 0 Å². The molecule has 0 saturated heterocycles. The lowest BCUT2D eigenvalue weighted by Gasteiger charge is -2.14. The number of benzene rings is 1. The molecule has 0 spiro atoms. The highest BCUT2D eigenvalue weighted by atomic mass is 16.2. The molecule has 1 aromatic carbocycles. The second-order valence-electron chi connectivity index (χ2n) is 5.70. The Labute approximate surface area is 165 Å². The Kier molecular flexibility index (Phi) is 16.5. The number of aldehydes is 1. The highest BCUT2D eigenvalue weighted by Gasteiger charge is 2.15. The zero-order valence-electron chi connectivity index (χ0n) is 17.7.